The van der Waals surface area contributed by atoms with E-state index in [2.05, 4.69) is 4.98 Å². The Morgan fingerprint density at radius 1 is 1.58 bits per heavy atom. The van der Waals surface area contributed by atoms with Crippen LogP contribution in [-0.2, 0) is 5.75 Å². The summed E-state index contributed by atoms with van der Waals surface area (Å²) in [5.41, 5.74) is 7.07. The summed E-state index contributed by atoms with van der Waals surface area (Å²) in [6.45, 7) is 0. The fourth-order valence-electron chi connectivity index (χ4n) is 1.43. The van der Waals surface area contributed by atoms with E-state index in [-0.39, 0.29) is 5.01 Å². The van der Waals surface area contributed by atoms with Crippen LogP contribution in [-0.4, -0.2) is 23.2 Å². The highest BCUT2D eigenvalue weighted by Gasteiger charge is 2.10. The molecule has 0 spiro atoms. The van der Waals surface area contributed by atoms with Gasteiger partial charge in [0.05, 0.1) is 12.8 Å². The zero-order valence-corrected chi connectivity index (χ0v) is 11.8. The van der Waals surface area contributed by atoms with Crippen LogP contribution in [0.5, 0.6) is 5.75 Å². The third-order valence-corrected chi connectivity index (χ3v) is 4.27. The first-order valence-electron chi connectivity index (χ1n) is 5.34. The molecule has 1 heterocycles. The van der Waals surface area contributed by atoms with E-state index in [4.69, 9.17) is 15.6 Å². The number of hydrogen-bond donors (Lipinski definition) is 2. The fraction of sp³-hybridized carbons (Fsp3) is 0.167. The van der Waals surface area contributed by atoms with Gasteiger partial charge in [-0.1, -0.05) is 0 Å². The molecule has 0 aliphatic heterocycles. The number of nitrogens with two attached hydrogens (primary N) is 1. The quantitative estimate of drug-likeness (QED) is 0.652. The van der Waals surface area contributed by atoms with Crippen LogP contribution >= 0.6 is 23.1 Å². The third kappa shape index (κ3) is 3.39. The van der Waals surface area contributed by atoms with Gasteiger partial charge in [0.2, 0.25) is 5.01 Å². The van der Waals surface area contributed by atoms with Crippen molar-refractivity contribution in [3.05, 3.63) is 34.3 Å². The molecule has 0 amide bonds. The van der Waals surface area contributed by atoms with Gasteiger partial charge in [-0.25, -0.2) is 9.78 Å². The molecule has 0 aliphatic rings. The van der Waals surface area contributed by atoms with E-state index in [1.54, 1.807) is 24.6 Å². The van der Waals surface area contributed by atoms with Crippen molar-refractivity contribution >= 4 is 34.8 Å². The average Bonchev–Trinajstić information content (AvgIpc) is 2.86. The summed E-state index contributed by atoms with van der Waals surface area (Å²) in [7, 11) is 1.59. The fourth-order valence-corrected chi connectivity index (χ4v) is 3.09. The normalized spacial score (nSPS) is 10.4. The first-order valence-corrected chi connectivity index (χ1v) is 7.20. The lowest BCUT2D eigenvalue weighted by Crippen LogP contribution is -1.95. The number of hydrogen-bond acceptors (Lipinski definition) is 6. The zero-order valence-electron chi connectivity index (χ0n) is 10.1. The van der Waals surface area contributed by atoms with Crippen LogP contribution < -0.4 is 10.5 Å². The van der Waals surface area contributed by atoms with Gasteiger partial charge in [0.1, 0.15) is 5.75 Å². The summed E-state index contributed by atoms with van der Waals surface area (Å²) >= 11 is 2.66. The van der Waals surface area contributed by atoms with Crippen molar-refractivity contribution in [1.29, 1.82) is 0 Å². The predicted molar refractivity (Wildman–Crippen MR) is 76.0 cm³/mol. The molecule has 100 valence electrons. The summed E-state index contributed by atoms with van der Waals surface area (Å²) in [6.07, 6.45) is 0. The molecule has 0 aliphatic carbocycles. The van der Waals surface area contributed by atoms with E-state index in [9.17, 15) is 4.79 Å². The van der Waals surface area contributed by atoms with Gasteiger partial charge in [0.25, 0.3) is 0 Å². The molecule has 0 atom stereocenters. The smallest absolute Gasteiger partial charge is 0.365 e. The number of aromatic nitrogens is 1. The molecule has 19 heavy (non-hydrogen) atoms. The molecule has 0 saturated heterocycles. The van der Waals surface area contributed by atoms with Crippen molar-refractivity contribution in [3.63, 3.8) is 0 Å². The highest BCUT2D eigenvalue weighted by atomic mass is 32.2. The monoisotopic (exact) mass is 296 g/mol. The maximum Gasteiger partial charge on any atom is 0.365 e. The highest BCUT2D eigenvalue weighted by Crippen LogP contribution is 2.33. The van der Waals surface area contributed by atoms with Gasteiger partial charge in [-0.2, -0.15) is 0 Å². The number of rotatable bonds is 5. The molecular weight excluding hydrogens is 284 g/mol. The summed E-state index contributed by atoms with van der Waals surface area (Å²) < 4.78 is 5.25. The number of anilines is 1. The number of methoxy groups -OCH3 is 1. The van der Waals surface area contributed by atoms with Crippen LogP contribution in [0.2, 0.25) is 0 Å². The van der Waals surface area contributed by atoms with Crippen LogP contribution in [0.1, 0.15) is 15.5 Å². The van der Waals surface area contributed by atoms with Gasteiger partial charge >= 0.3 is 5.97 Å². The molecule has 0 bridgehead atoms. The number of carboxylic acid groups (broad SMARTS) is 1. The lowest BCUT2D eigenvalue weighted by molar-refractivity contribution is 0.0696. The highest BCUT2D eigenvalue weighted by molar-refractivity contribution is 7.98. The van der Waals surface area contributed by atoms with Crippen molar-refractivity contribution in [2.24, 2.45) is 0 Å². The lowest BCUT2D eigenvalue weighted by Gasteiger charge is -2.07. The molecule has 2 rings (SSSR count). The molecule has 1 aromatic carbocycles. The number of thioether (sulfide) groups is 1. The van der Waals surface area contributed by atoms with Gasteiger partial charge in [0.15, 0.2) is 0 Å². The molecule has 0 radical (unpaired) electrons. The Kier molecular flexibility index (Phi) is 4.28. The summed E-state index contributed by atoms with van der Waals surface area (Å²) in [5, 5.41) is 10.7. The SMILES string of the molecule is COc1cc(N)ccc1SCc1csc(C(=O)O)n1. The number of thiazole rings is 1. The Morgan fingerprint density at radius 3 is 3.00 bits per heavy atom. The van der Waals surface area contributed by atoms with Crippen LogP contribution in [0.25, 0.3) is 0 Å². The van der Waals surface area contributed by atoms with Gasteiger partial charge in [0, 0.05) is 27.8 Å². The largest absolute Gasteiger partial charge is 0.496 e. The van der Waals surface area contributed by atoms with Crippen molar-refractivity contribution in [3.8, 4) is 5.75 Å². The van der Waals surface area contributed by atoms with Crippen molar-refractivity contribution in [1.82, 2.24) is 4.98 Å². The molecule has 0 unspecified atom stereocenters. The Hall–Kier alpha value is -1.73. The topological polar surface area (TPSA) is 85.4 Å². The average molecular weight is 296 g/mol. The Bertz CT molecular complexity index is 598. The zero-order chi connectivity index (χ0) is 13.8. The van der Waals surface area contributed by atoms with E-state index < -0.39 is 5.97 Å². The molecule has 1 aromatic heterocycles. The van der Waals surface area contributed by atoms with Gasteiger partial charge in [-0.3, -0.25) is 0 Å². The minimum absolute atomic E-state index is 0.111. The lowest BCUT2D eigenvalue weighted by atomic mass is 10.3. The molecule has 2 aromatic rings. The van der Waals surface area contributed by atoms with Crippen LogP contribution in [0.4, 0.5) is 5.69 Å². The molecular formula is C12H12N2O3S2. The number of benzene rings is 1. The number of nitrogens with zero attached hydrogens (tertiary/aromatic N) is 1. The number of ether oxygens (including phenoxy) is 1. The van der Waals surface area contributed by atoms with Gasteiger partial charge in [-0.05, 0) is 12.1 Å². The van der Waals surface area contributed by atoms with E-state index in [1.165, 1.54) is 11.8 Å². The minimum Gasteiger partial charge on any atom is -0.496 e. The van der Waals surface area contributed by atoms with Crippen molar-refractivity contribution < 1.29 is 14.6 Å². The van der Waals surface area contributed by atoms with Crippen LogP contribution in [0, 0.1) is 0 Å². The molecule has 3 N–H and O–H groups in total. The van der Waals surface area contributed by atoms with Crippen LogP contribution in [0.3, 0.4) is 0 Å². The van der Waals surface area contributed by atoms with E-state index in [0.29, 0.717) is 17.2 Å². The number of aromatic carboxylic acids is 1. The second kappa shape index (κ2) is 5.94. The Balaban J connectivity index is 2.07. The number of carbonyl (C=O) groups is 1. The second-order valence-electron chi connectivity index (χ2n) is 3.65. The van der Waals surface area contributed by atoms with Crippen molar-refractivity contribution in [2.45, 2.75) is 10.6 Å². The van der Waals surface area contributed by atoms with E-state index >= 15 is 0 Å². The van der Waals surface area contributed by atoms with E-state index in [1.807, 2.05) is 6.07 Å². The standard InChI is InChI=1S/C12H12N2O3S2/c1-17-9-4-7(13)2-3-10(9)18-5-8-6-19-11(14-8)12(15)16/h2-4,6H,5,13H2,1H3,(H,15,16). The number of carboxylic acids is 1. The Labute approximate surface area is 118 Å². The molecule has 0 fully saturated rings. The Morgan fingerprint density at radius 2 is 2.37 bits per heavy atom. The first-order chi connectivity index (χ1) is 9.10. The maximum atomic E-state index is 10.7. The minimum atomic E-state index is -0.994. The van der Waals surface area contributed by atoms with Gasteiger partial charge in [-0.15, -0.1) is 23.1 Å². The van der Waals surface area contributed by atoms with E-state index in [0.717, 1.165) is 21.9 Å². The van der Waals surface area contributed by atoms with Crippen LogP contribution in [0.15, 0.2) is 28.5 Å². The summed E-state index contributed by atoms with van der Waals surface area (Å²) in [5.74, 6) is 0.300. The molecule has 5 nitrogen and oxygen atoms in total. The summed E-state index contributed by atoms with van der Waals surface area (Å²) in [4.78, 5) is 15.7. The third-order valence-electron chi connectivity index (χ3n) is 2.30. The first kappa shape index (κ1) is 13.7. The van der Waals surface area contributed by atoms with Gasteiger partial charge < -0.3 is 15.6 Å². The predicted octanol–water partition coefficient (Wildman–Crippen LogP) is 2.72. The summed E-state index contributed by atoms with van der Waals surface area (Å²) in [6, 6.07) is 5.43. The van der Waals surface area contributed by atoms with Crippen molar-refractivity contribution in [2.75, 3.05) is 12.8 Å². The second-order valence-corrected chi connectivity index (χ2v) is 5.52. The molecule has 7 heteroatoms. The number of nitrogen functional groups attached to an aromatic ring is 1. The molecule has 0 saturated carbocycles. The maximum absolute atomic E-state index is 10.7.